The summed E-state index contributed by atoms with van der Waals surface area (Å²) in [6.07, 6.45) is 6.82. The largest absolute Gasteiger partial charge is 0.365 e. The topological polar surface area (TPSA) is 60.7 Å². The van der Waals surface area contributed by atoms with Crippen molar-refractivity contribution in [2.24, 2.45) is 11.1 Å². The molecule has 0 amide bonds. The minimum absolute atomic E-state index is 0.0233. The molecule has 5 nitrogen and oxygen atoms in total. The fourth-order valence-corrected chi connectivity index (χ4v) is 6.35. The highest BCUT2D eigenvalue weighted by Gasteiger charge is 2.20. The number of benzene rings is 4. The summed E-state index contributed by atoms with van der Waals surface area (Å²) in [5, 5.41) is 6.54. The summed E-state index contributed by atoms with van der Waals surface area (Å²) in [5.74, 6) is 0.243. The molecule has 5 heteroatoms. The normalized spacial score (nSPS) is 14.1. The van der Waals surface area contributed by atoms with E-state index in [1.54, 1.807) is 12.1 Å². The number of carbonyl (C=O) groups excluding carboxylic acids is 2. The molecule has 1 saturated carbocycles. The van der Waals surface area contributed by atoms with Gasteiger partial charge in [0.2, 0.25) is 0 Å². The van der Waals surface area contributed by atoms with Crippen molar-refractivity contribution in [2.45, 2.75) is 58.9 Å². The smallest absolute Gasteiger partial charge is 0.341 e. The zero-order chi connectivity index (χ0) is 29.1. The van der Waals surface area contributed by atoms with Crippen LogP contribution in [0.2, 0.25) is 0 Å². The molecule has 0 aliphatic heterocycles. The predicted molar refractivity (Wildman–Crippen MR) is 169 cm³/mol. The first-order valence-corrected chi connectivity index (χ1v) is 15.0. The van der Waals surface area contributed by atoms with Crippen LogP contribution >= 0.6 is 0 Å². The minimum Gasteiger partial charge on any atom is -0.341 e. The third kappa shape index (κ3) is 5.52. The van der Waals surface area contributed by atoms with Gasteiger partial charge in [0.15, 0.2) is 5.78 Å². The molecule has 0 N–H and O–H groups in total. The number of fused-ring (bicyclic) bond motifs is 3. The van der Waals surface area contributed by atoms with Crippen molar-refractivity contribution in [1.29, 1.82) is 0 Å². The van der Waals surface area contributed by atoms with Crippen molar-refractivity contribution >= 4 is 39.3 Å². The molecule has 212 valence electrons. The molecule has 0 bridgehead atoms. The van der Waals surface area contributed by atoms with E-state index in [1.807, 2.05) is 61.5 Å². The first-order valence-electron chi connectivity index (χ1n) is 15.0. The second-order valence-electron chi connectivity index (χ2n) is 11.3. The number of aromatic nitrogens is 1. The standard InChI is InChI=1S/C37H36N2O3/c1-3-39-34-21-18-28(33(20-17-26-12-8-9-13-26)38-42-37(41)27-14-5-4-6-15-27)23-31(34)32-24-29(19-22-35(32)39)36(40)30-16-10-7-11-25(30)2/h4-7,10-11,14-16,18-19,21-24,26H,3,8-9,12-13,17,20H2,1-2H3/b38-33-. The molecule has 0 saturated heterocycles. The van der Waals surface area contributed by atoms with Crippen molar-refractivity contribution < 1.29 is 14.4 Å². The van der Waals surface area contributed by atoms with Gasteiger partial charge in [-0.3, -0.25) is 4.79 Å². The summed E-state index contributed by atoms with van der Waals surface area (Å²) in [4.78, 5) is 31.7. The quantitative estimate of drug-likeness (QED) is 0.0788. The van der Waals surface area contributed by atoms with Crippen LogP contribution in [0, 0.1) is 12.8 Å². The number of rotatable bonds is 9. The Bertz CT molecular complexity index is 1790. The Kier molecular flexibility index (Phi) is 8.00. The lowest BCUT2D eigenvalue weighted by atomic mass is 9.95. The summed E-state index contributed by atoms with van der Waals surface area (Å²) in [6, 6.07) is 29.1. The number of ketones is 1. The number of hydrogen-bond acceptors (Lipinski definition) is 4. The average Bonchev–Trinajstić information content (AvgIpc) is 3.66. The van der Waals surface area contributed by atoms with E-state index in [4.69, 9.17) is 4.84 Å². The van der Waals surface area contributed by atoms with Gasteiger partial charge < -0.3 is 9.40 Å². The van der Waals surface area contributed by atoms with Gasteiger partial charge in [0.1, 0.15) is 0 Å². The van der Waals surface area contributed by atoms with E-state index in [1.165, 1.54) is 25.7 Å². The number of hydrogen-bond donors (Lipinski definition) is 0. The van der Waals surface area contributed by atoms with E-state index in [-0.39, 0.29) is 5.78 Å². The van der Waals surface area contributed by atoms with Gasteiger partial charge in [-0.15, -0.1) is 0 Å². The first kappa shape index (κ1) is 27.6. The van der Waals surface area contributed by atoms with Gasteiger partial charge in [-0.1, -0.05) is 79.4 Å². The third-order valence-electron chi connectivity index (χ3n) is 8.68. The number of oxime groups is 1. The molecule has 1 aliphatic carbocycles. The Balaban J connectivity index is 1.40. The van der Waals surface area contributed by atoms with Gasteiger partial charge in [0, 0.05) is 45.0 Å². The molecule has 1 aliphatic rings. The van der Waals surface area contributed by atoms with Crippen LogP contribution in [-0.2, 0) is 11.4 Å². The van der Waals surface area contributed by atoms with E-state index in [2.05, 4.69) is 40.9 Å². The van der Waals surface area contributed by atoms with E-state index in [0.717, 1.165) is 63.6 Å². The second-order valence-corrected chi connectivity index (χ2v) is 11.3. The zero-order valence-electron chi connectivity index (χ0n) is 24.3. The molecule has 0 spiro atoms. The summed E-state index contributed by atoms with van der Waals surface area (Å²) in [7, 11) is 0. The van der Waals surface area contributed by atoms with Crippen molar-refractivity contribution in [3.8, 4) is 0 Å². The number of carbonyl (C=O) groups is 2. The van der Waals surface area contributed by atoms with Crippen LogP contribution in [0.3, 0.4) is 0 Å². The Labute approximate surface area is 246 Å². The molecule has 0 atom stereocenters. The molecule has 0 unspecified atom stereocenters. The maximum Gasteiger partial charge on any atom is 0.365 e. The molecule has 1 fully saturated rings. The summed E-state index contributed by atoms with van der Waals surface area (Å²) in [6.45, 7) is 4.91. The summed E-state index contributed by atoms with van der Waals surface area (Å²) < 4.78 is 2.28. The van der Waals surface area contributed by atoms with Gasteiger partial charge in [0.25, 0.3) is 0 Å². The predicted octanol–water partition coefficient (Wildman–Crippen LogP) is 8.89. The van der Waals surface area contributed by atoms with Gasteiger partial charge in [-0.05, 0) is 80.6 Å². The highest BCUT2D eigenvalue weighted by molar-refractivity contribution is 6.16. The fourth-order valence-electron chi connectivity index (χ4n) is 6.35. The second kappa shape index (κ2) is 12.2. The van der Waals surface area contributed by atoms with Gasteiger partial charge in [-0.2, -0.15) is 0 Å². The maximum atomic E-state index is 13.5. The van der Waals surface area contributed by atoms with Gasteiger partial charge >= 0.3 is 5.97 Å². The summed E-state index contributed by atoms with van der Waals surface area (Å²) in [5.41, 5.74) is 6.74. The van der Waals surface area contributed by atoms with Crippen molar-refractivity contribution in [3.63, 3.8) is 0 Å². The van der Waals surface area contributed by atoms with Gasteiger partial charge in [0.05, 0.1) is 11.3 Å². The van der Waals surface area contributed by atoms with Crippen molar-refractivity contribution in [2.75, 3.05) is 0 Å². The van der Waals surface area contributed by atoms with Crippen LogP contribution in [-0.4, -0.2) is 22.0 Å². The van der Waals surface area contributed by atoms with Crippen LogP contribution in [0.5, 0.6) is 0 Å². The van der Waals surface area contributed by atoms with Crippen LogP contribution in [0.4, 0.5) is 0 Å². The molecule has 5 aromatic rings. The van der Waals surface area contributed by atoms with E-state index >= 15 is 0 Å². The van der Waals surface area contributed by atoms with Crippen LogP contribution in [0.1, 0.15) is 82.9 Å². The lowest BCUT2D eigenvalue weighted by Gasteiger charge is -2.11. The minimum atomic E-state index is -0.461. The Hall–Kier alpha value is -4.51. The van der Waals surface area contributed by atoms with Gasteiger partial charge in [-0.25, -0.2) is 4.79 Å². The monoisotopic (exact) mass is 556 g/mol. The molecule has 1 heterocycles. The van der Waals surface area contributed by atoms with Crippen molar-refractivity contribution in [1.82, 2.24) is 4.57 Å². The Morgan fingerprint density at radius 2 is 1.45 bits per heavy atom. The molecule has 0 radical (unpaired) electrons. The van der Waals surface area contributed by atoms with Crippen LogP contribution in [0.25, 0.3) is 21.8 Å². The van der Waals surface area contributed by atoms with Crippen molar-refractivity contribution in [3.05, 3.63) is 119 Å². The molecule has 1 aromatic heterocycles. The highest BCUT2D eigenvalue weighted by atomic mass is 16.7. The molecular weight excluding hydrogens is 520 g/mol. The third-order valence-corrected chi connectivity index (χ3v) is 8.68. The van der Waals surface area contributed by atoms with Crippen LogP contribution in [0.15, 0.2) is 96.2 Å². The highest BCUT2D eigenvalue weighted by Crippen LogP contribution is 2.33. The molecule has 4 aromatic carbocycles. The van der Waals surface area contributed by atoms with E-state index in [0.29, 0.717) is 17.0 Å². The molecule has 6 rings (SSSR count). The SMILES string of the molecule is CCn1c2ccc(C(=O)c3ccccc3C)cc2c2cc(/C(CCC3CCCC3)=N\OC(=O)c3ccccc3)ccc21. The summed E-state index contributed by atoms with van der Waals surface area (Å²) >= 11 is 0. The average molecular weight is 557 g/mol. The number of nitrogens with zero attached hydrogens (tertiary/aromatic N) is 2. The van der Waals surface area contributed by atoms with E-state index in [9.17, 15) is 9.59 Å². The Morgan fingerprint density at radius 3 is 2.14 bits per heavy atom. The van der Waals surface area contributed by atoms with E-state index < -0.39 is 5.97 Å². The zero-order valence-corrected chi connectivity index (χ0v) is 24.3. The lowest BCUT2D eigenvalue weighted by molar-refractivity contribution is 0.0515. The number of aryl methyl sites for hydroxylation is 2. The van der Waals surface area contributed by atoms with Crippen LogP contribution < -0.4 is 0 Å². The lowest BCUT2D eigenvalue weighted by Crippen LogP contribution is -2.08. The maximum absolute atomic E-state index is 13.5. The first-order chi connectivity index (χ1) is 20.5. The molecular formula is C37H36N2O3. The fraction of sp³-hybridized carbons (Fsp3) is 0.270. The molecule has 42 heavy (non-hydrogen) atoms. The Morgan fingerprint density at radius 1 is 0.810 bits per heavy atom.